The summed E-state index contributed by atoms with van der Waals surface area (Å²) >= 11 is 0. The van der Waals surface area contributed by atoms with Gasteiger partial charge in [0.1, 0.15) is 0 Å². The third-order valence-corrected chi connectivity index (χ3v) is 2.28. The Hall–Kier alpha value is -0.760. The molecule has 0 atom stereocenters. The Labute approximate surface area is 80.9 Å². The molecule has 1 aliphatic rings. The summed E-state index contributed by atoms with van der Waals surface area (Å²) in [6.07, 6.45) is 9.34. The summed E-state index contributed by atoms with van der Waals surface area (Å²) in [6, 6.07) is 0. The van der Waals surface area contributed by atoms with Crippen molar-refractivity contribution in [1.82, 2.24) is 4.90 Å². The van der Waals surface area contributed by atoms with Crippen LogP contribution in [0, 0.1) is 0 Å². The van der Waals surface area contributed by atoms with E-state index in [-0.39, 0.29) is 0 Å². The molecule has 1 saturated heterocycles. The number of nitrogens with zero attached hydrogens (tertiary/aromatic N) is 1. The lowest BCUT2D eigenvalue weighted by Gasteiger charge is -2.25. The topological polar surface area (TPSA) is 12.5 Å². The predicted molar refractivity (Wildman–Crippen MR) is 55.6 cm³/mol. The number of hydrogen-bond acceptors (Lipinski definition) is 2. The average Bonchev–Trinajstić information content (AvgIpc) is 2.19. The zero-order valence-electron chi connectivity index (χ0n) is 8.24. The molecule has 1 fully saturated rings. The largest absolute Gasteiger partial charge is 0.500 e. The molecule has 2 nitrogen and oxygen atoms in total. The Morgan fingerprint density at radius 3 is 2.69 bits per heavy atom. The van der Waals surface area contributed by atoms with E-state index >= 15 is 0 Å². The molecule has 0 N–H and O–H groups in total. The molecule has 0 spiro atoms. The summed E-state index contributed by atoms with van der Waals surface area (Å²) in [4.78, 5) is 2.46. The molecule has 0 amide bonds. The first-order valence-electron chi connectivity index (χ1n) is 5.05. The van der Waals surface area contributed by atoms with Crippen molar-refractivity contribution in [2.24, 2.45) is 0 Å². The van der Waals surface area contributed by atoms with Crippen LogP contribution >= 0.6 is 0 Å². The molecule has 0 aliphatic carbocycles. The van der Waals surface area contributed by atoms with Crippen molar-refractivity contribution in [2.45, 2.75) is 19.3 Å². The van der Waals surface area contributed by atoms with Crippen molar-refractivity contribution in [3.05, 3.63) is 25.0 Å². The van der Waals surface area contributed by atoms with Crippen LogP contribution in [-0.2, 0) is 4.74 Å². The van der Waals surface area contributed by atoms with Gasteiger partial charge in [-0.3, -0.25) is 4.90 Å². The molecule has 0 unspecified atom stereocenters. The van der Waals surface area contributed by atoms with Gasteiger partial charge in [0.15, 0.2) is 0 Å². The van der Waals surface area contributed by atoms with Gasteiger partial charge in [-0.25, -0.2) is 0 Å². The molecule has 1 heterocycles. The smallest absolute Gasteiger partial charge is 0.1000 e. The molecule has 13 heavy (non-hydrogen) atoms. The van der Waals surface area contributed by atoms with Crippen molar-refractivity contribution in [1.29, 1.82) is 0 Å². The lowest BCUT2D eigenvalue weighted by molar-refractivity contribution is 0.159. The van der Waals surface area contributed by atoms with E-state index in [2.05, 4.69) is 11.5 Å². The quantitative estimate of drug-likeness (QED) is 0.366. The van der Waals surface area contributed by atoms with Crippen molar-refractivity contribution >= 4 is 0 Å². The van der Waals surface area contributed by atoms with Crippen molar-refractivity contribution in [2.75, 3.05) is 26.2 Å². The van der Waals surface area contributed by atoms with Crippen molar-refractivity contribution in [3.63, 3.8) is 0 Å². The van der Waals surface area contributed by atoms with Crippen LogP contribution in [0.1, 0.15) is 19.3 Å². The van der Waals surface area contributed by atoms with Gasteiger partial charge in [0.05, 0.1) is 12.9 Å². The highest BCUT2D eigenvalue weighted by molar-refractivity contribution is 4.92. The van der Waals surface area contributed by atoms with E-state index in [0.717, 1.165) is 13.2 Å². The first-order chi connectivity index (χ1) is 6.43. The first-order valence-corrected chi connectivity index (χ1v) is 5.05. The summed E-state index contributed by atoms with van der Waals surface area (Å²) in [5.41, 5.74) is 0. The fourth-order valence-corrected chi connectivity index (χ4v) is 1.54. The lowest BCUT2D eigenvalue weighted by Crippen LogP contribution is -2.32. The van der Waals surface area contributed by atoms with Crippen LogP contribution in [0.15, 0.2) is 25.0 Å². The molecule has 0 saturated carbocycles. The van der Waals surface area contributed by atoms with Crippen LogP contribution in [0.3, 0.4) is 0 Å². The minimum Gasteiger partial charge on any atom is -0.500 e. The highest BCUT2D eigenvalue weighted by Crippen LogP contribution is 2.07. The first kappa shape index (κ1) is 10.3. The van der Waals surface area contributed by atoms with E-state index in [1.54, 1.807) is 12.3 Å². The van der Waals surface area contributed by atoms with Gasteiger partial charge in [0.25, 0.3) is 0 Å². The number of allylic oxidation sites excluding steroid dienone is 2. The Morgan fingerprint density at radius 2 is 2.00 bits per heavy atom. The summed E-state index contributed by atoms with van der Waals surface area (Å²) in [5.74, 6) is 0. The minimum absolute atomic E-state index is 0.796. The van der Waals surface area contributed by atoms with Gasteiger partial charge in [0.2, 0.25) is 0 Å². The molecule has 0 aromatic heterocycles. The van der Waals surface area contributed by atoms with E-state index in [1.807, 2.05) is 6.08 Å². The number of hydrogen-bond donors (Lipinski definition) is 0. The molecule has 0 aromatic rings. The molecular weight excluding hydrogens is 162 g/mol. The second-order valence-corrected chi connectivity index (χ2v) is 3.34. The SMILES string of the molecule is C=C/C=C/OCCN1CCCCC1. The predicted octanol–water partition coefficient (Wildman–Crippen LogP) is 2.19. The monoisotopic (exact) mass is 181 g/mol. The van der Waals surface area contributed by atoms with Crippen molar-refractivity contribution in [3.8, 4) is 0 Å². The van der Waals surface area contributed by atoms with Crippen LogP contribution in [0.2, 0.25) is 0 Å². The van der Waals surface area contributed by atoms with E-state index in [0.29, 0.717) is 0 Å². The molecule has 2 heteroatoms. The van der Waals surface area contributed by atoms with E-state index < -0.39 is 0 Å². The molecule has 0 aromatic carbocycles. The lowest BCUT2D eigenvalue weighted by atomic mass is 10.1. The fraction of sp³-hybridized carbons (Fsp3) is 0.636. The Kier molecular flexibility index (Phi) is 5.34. The third-order valence-electron chi connectivity index (χ3n) is 2.28. The minimum atomic E-state index is 0.796. The van der Waals surface area contributed by atoms with Gasteiger partial charge in [0, 0.05) is 6.54 Å². The maximum absolute atomic E-state index is 5.28. The maximum atomic E-state index is 5.28. The van der Waals surface area contributed by atoms with Gasteiger partial charge in [-0.1, -0.05) is 19.1 Å². The highest BCUT2D eigenvalue weighted by atomic mass is 16.5. The molecular formula is C11H19NO. The standard InChI is InChI=1S/C11H19NO/c1-2-3-10-13-11-9-12-7-5-4-6-8-12/h2-3,10H,1,4-9,11H2/b10-3+. The molecule has 1 rings (SSSR count). The van der Waals surface area contributed by atoms with Crippen LogP contribution in [0.25, 0.3) is 0 Å². The number of ether oxygens (including phenoxy) is 1. The molecule has 0 radical (unpaired) electrons. The summed E-state index contributed by atoms with van der Waals surface area (Å²) in [5, 5.41) is 0. The molecule has 74 valence electrons. The highest BCUT2D eigenvalue weighted by Gasteiger charge is 2.08. The maximum Gasteiger partial charge on any atom is 0.1000 e. The van der Waals surface area contributed by atoms with Crippen LogP contribution < -0.4 is 0 Å². The van der Waals surface area contributed by atoms with Gasteiger partial charge in [-0.2, -0.15) is 0 Å². The Morgan fingerprint density at radius 1 is 1.23 bits per heavy atom. The van der Waals surface area contributed by atoms with Crippen molar-refractivity contribution < 1.29 is 4.74 Å². The Bertz CT molecular complexity index is 159. The summed E-state index contributed by atoms with van der Waals surface area (Å²) in [6.45, 7) is 7.91. The fourth-order valence-electron chi connectivity index (χ4n) is 1.54. The van der Waals surface area contributed by atoms with E-state index in [1.165, 1.54) is 32.4 Å². The zero-order chi connectivity index (χ0) is 9.36. The number of likely N-dealkylation sites (tertiary alicyclic amines) is 1. The second kappa shape index (κ2) is 6.72. The second-order valence-electron chi connectivity index (χ2n) is 3.34. The summed E-state index contributed by atoms with van der Waals surface area (Å²) in [7, 11) is 0. The van der Waals surface area contributed by atoms with Crippen LogP contribution in [-0.4, -0.2) is 31.1 Å². The van der Waals surface area contributed by atoms with E-state index in [4.69, 9.17) is 4.74 Å². The molecule has 0 bridgehead atoms. The Balaban J connectivity index is 1.97. The van der Waals surface area contributed by atoms with Crippen LogP contribution in [0.5, 0.6) is 0 Å². The zero-order valence-corrected chi connectivity index (χ0v) is 8.24. The summed E-state index contributed by atoms with van der Waals surface area (Å²) < 4.78 is 5.28. The van der Waals surface area contributed by atoms with Gasteiger partial charge in [-0.15, -0.1) is 0 Å². The number of piperidine rings is 1. The van der Waals surface area contributed by atoms with Gasteiger partial charge >= 0.3 is 0 Å². The van der Waals surface area contributed by atoms with Gasteiger partial charge < -0.3 is 4.74 Å². The average molecular weight is 181 g/mol. The number of rotatable bonds is 5. The normalized spacial score (nSPS) is 19.1. The van der Waals surface area contributed by atoms with Crippen LogP contribution in [0.4, 0.5) is 0 Å². The molecule has 1 aliphatic heterocycles. The van der Waals surface area contributed by atoms with Gasteiger partial charge in [-0.05, 0) is 32.0 Å². The van der Waals surface area contributed by atoms with E-state index in [9.17, 15) is 0 Å². The third kappa shape index (κ3) is 4.73.